The van der Waals surface area contributed by atoms with Crippen LogP contribution in [0.1, 0.15) is 12.0 Å². The normalized spacial score (nSPS) is 17.4. The van der Waals surface area contributed by atoms with Crippen LogP contribution < -0.4 is 11.1 Å². The van der Waals surface area contributed by atoms with Crippen LogP contribution in [0.15, 0.2) is 27.4 Å². The van der Waals surface area contributed by atoms with Gasteiger partial charge in [0, 0.05) is 26.7 Å². The molecular weight excluding hydrogens is 254 g/mol. The summed E-state index contributed by atoms with van der Waals surface area (Å²) in [4.78, 5) is 14.0. The van der Waals surface area contributed by atoms with Gasteiger partial charge in [-0.25, -0.2) is 4.79 Å². The molecule has 1 saturated heterocycles. The van der Waals surface area contributed by atoms with Crippen LogP contribution in [0.5, 0.6) is 0 Å². The second-order valence-electron chi connectivity index (χ2n) is 5.42. The van der Waals surface area contributed by atoms with Gasteiger partial charge in [-0.2, -0.15) is 0 Å². The van der Waals surface area contributed by atoms with E-state index in [0.717, 1.165) is 44.7 Å². The van der Waals surface area contributed by atoms with Crippen LogP contribution in [0.25, 0.3) is 11.1 Å². The van der Waals surface area contributed by atoms with Crippen molar-refractivity contribution in [1.82, 2.24) is 14.8 Å². The maximum absolute atomic E-state index is 11.5. The van der Waals surface area contributed by atoms with Gasteiger partial charge in [0.05, 0.1) is 5.52 Å². The molecule has 0 spiro atoms. The lowest BCUT2D eigenvalue weighted by atomic mass is 10.1. The van der Waals surface area contributed by atoms with Gasteiger partial charge in [0.2, 0.25) is 0 Å². The monoisotopic (exact) mass is 275 g/mol. The van der Waals surface area contributed by atoms with E-state index in [-0.39, 0.29) is 5.76 Å². The molecule has 0 atom stereocenters. The molecule has 0 aliphatic carbocycles. The highest BCUT2D eigenvalue weighted by Crippen LogP contribution is 2.15. The molecule has 0 unspecified atom stereocenters. The van der Waals surface area contributed by atoms with E-state index in [1.165, 1.54) is 12.0 Å². The number of benzene rings is 1. The van der Waals surface area contributed by atoms with Gasteiger partial charge in [0.25, 0.3) is 0 Å². The number of fused-ring (bicyclic) bond motifs is 1. The van der Waals surface area contributed by atoms with Crippen LogP contribution >= 0.6 is 0 Å². The topological polar surface area (TPSA) is 50.4 Å². The van der Waals surface area contributed by atoms with Crippen molar-refractivity contribution in [3.8, 4) is 0 Å². The lowest BCUT2D eigenvalue weighted by molar-refractivity contribution is 0.296. The predicted octanol–water partition coefficient (Wildman–Crippen LogP) is 0.969. The van der Waals surface area contributed by atoms with Crippen LogP contribution in [0.4, 0.5) is 0 Å². The molecule has 0 bridgehead atoms. The lowest BCUT2D eigenvalue weighted by Gasteiger charge is -2.19. The first-order valence-electron chi connectivity index (χ1n) is 7.25. The van der Waals surface area contributed by atoms with Crippen molar-refractivity contribution >= 4 is 11.1 Å². The summed E-state index contributed by atoms with van der Waals surface area (Å²) >= 11 is 0. The van der Waals surface area contributed by atoms with Crippen LogP contribution in [0.2, 0.25) is 0 Å². The average molecular weight is 275 g/mol. The van der Waals surface area contributed by atoms with Crippen LogP contribution in [0, 0.1) is 0 Å². The van der Waals surface area contributed by atoms with Crippen molar-refractivity contribution in [3.05, 3.63) is 34.3 Å². The Labute approximate surface area is 118 Å². The van der Waals surface area contributed by atoms with E-state index in [1.807, 2.05) is 12.1 Å². The minimum absolute atomic E-state index is 0.296. The first-order chi connectivity index (χ1) is 9.74. The predicted molar refractivity (Wildman–Crippen MR) is 79.1 cm³/mol. The SMILES string of the molecule is Cn1c(=O)oc2cc(CCN3CCCNCC3)ccc21. The molecule has 2 heterocycles. The molecule has 0 amide bonds. The van der Waals surface area contributed by atoms with Gasteiger partial charge in [-0.3, -0.25) is 4.57 Å². The Kier molecular flexibility index (Phi) is 3.89. The molecule has 0 saturated carbocycles. The summed E-state index contributed by atoms with van der Waals surface area (Å²) in [6, 6.07) is 6.06. The molecule has 1 aliphatic rings. The fourth-order valence-electron chi connectivity index (χ4n) is 2.75. The Morgan fingerprint density at radius 1 is 1.30 bits per heavy atom. The minimum atomic E-state index is -0.296. The zero-order valence-corrected chi connectivity index (χ0v) is 11.9. The standard InChI is InChI=1S/C15H21N3O2/c1-17-13-4-3-12(11-14(13)20-15(17)19)5-9-18-8-2-6-16-7-10-18/h3-4,11,16H,2,5-10H2,1H3. The van der Waals surface area contributed by atoms with E-state index < -0.39 is 0 Å². The first-order valence-corrected chi connectivity index (χ1v) is 7.25. The third-order valence-electron chi connectivity index (χ3n) is 4.01. The molecule has 1 aliphatic heterocycles. The van der Waals surface area contributed by atoms with Crippen molar-refractivity contribution in [2.24, 2.45) is 7.05 Å². The van der Waals surface area contributed by atoms with Crippen LogP contribution in [-0.4, -0.2) is 42.2 Å². The van der Waals surface area contributed by atoms with E-state index in [0.29, 0.717) is 5.58 Å². The molecule has 108 valence electrons. The number of oxazole rings is 1. The van der Waals surface area contributed by atoms with Gasteiger partial charge in [-0.1, -0.05) is 6.07 Å². The molecule has 3 rings (SSSR count). The lowest BCUT2D eigenvalue weighted by Crippen LogP contribution is -2.30. The molecule has 1 aromatic heterocycles. The van der Waals surface area contributed by atoms with Crippen molar-refractivity contribution < 1.29 is 4.42 Å². The fourth-order valence-corrected chi connectivity index (χ4v) is 2.75. The maximum atomic E-state index is 11.5. The van der Waals surface area contributed by atoms with Crippen LogP contribution in [0.3, 0.4) is 0 Å². The number of hydrogen-bond acceptors (Lipinski definition) is 4. The largest absolute Gasteiger partial charge is 0.419 e. The van der Waals surface area contributed by atoms with Gasteiger partial charge >= 0.3 is 5.76 Å². The third kappa shape index (κ3) is 2.78. The summed E-state index contributed by atoms with van der Waals surface area (Å²) in [5.74, 6) is -0.296. The average Bonchev–Trinajstić information content (AvgIpc) is 2.65. The summed E-state index contributed by atoms with van der Waals surface area (Å²) in [6.45, 7) is 5.53. The smallest absolute Gasteiger partial charge is 0.408 e. The Hall–Kier alpha value is -1.59. The minimum Gasteiger partial charge on any atom is -0.408 e. The molecule has 1 N–H and O–H groups in total. The van der Waals surface area contributed by atoms with E-state index in [1.54, 1.807) is 11.6 Å². The molecular formula is C15H21N3O2. The van der Waals surface area contributed by atoms with Gasteiger partial charge in [0.15, 0.2) is 5.58 Å². The van der Waals surface area contributed by atoms with Gasteiger partial charge in [-0.15, -0.1) is 0 Å². The summed E-state index contributed by atoms with van der Waals surface area (Å²) in [7, 11) is 1.73. The van der Waals surface area contributed by atoms with Gasteiger partial charge < -0.3 is 14.6 Å². The summed E-state index contributed by atoms with van der Waals surface area (Å²) in [5, 5.41) is 3.41. The Morgan fingerprint density at radius 2 is 2.20 bits per heavy atom. The van der Waals surface area contributed by atoms with Crippen LogP contribution in [-0.2, 0) is 13.5 Å². The van der Waals surface area contributed by atoms with E-state index >= 15 is 0 Å². The Bertz CT molecular complexity index is 636. The zero-order valence-electron chi connectivity index (χ0n) is 11.9. The highest BCUT2D eigenvalue weighted by Gasteiger charge is 2.10. The highest BCUT2D eigenvalue weighted by molar-refractivity contribution is 5.73. The summed E-state index contributed by atoms with van der Waals surface area (Å²) in [6.07, 6.45) is 2.21. The van der Waals surface area contributed by atoms with E-state index in [4.69, 9.17) is 4.42 Å². The summed E-state index contributed by atoms with van der Waals surface area (Å²) in [5.41, 5.74) is 2.77. The number of aromatic nitrogens is 1. The maximum Gasteiger partial charge on any atom is 0.419 e. The Morgan fingerprint density at radius 3 is 3.10 bits per heavy atom. The van der Waals surface area contributed by atoms with E-state index in [2.05, 4.69) is 16.3 Å². The molecule has 5 heteroatoms. The number of aryl methyl sites for hydroxylation is 1. The molecule has 5 nitrogen and oxygen atoms in total. The molecule has 2 aromatic rings. The quantitative estimate of drug-likeness (QED) is 0.907. The first kappa shape index (κ1) is 13.4. The molecule has 20 heavy (non-hydrogen) atoms. The number of nitrogens with one attached hydrogen (secondary N) is 1. The third-order valence-corrected chi connectivity index (χ3v) is 4.01. The van der Waals surface area contributed by atoms with Crippen molar-refractivity contribution in [3.63, 3.8) is 0 Å². The number of rotatable bonds is 3. The van der Waals surface area contributed by atoms with E-state index in [9.17, 15) is 4.79 Å². The summed E-state index contributed by atoms with van der Waals surface area (Å²) < 4.78 is 6.78. The van der Waals surface area contributed by atoms with Gasteiger partial charge in [-0.05, 0) is 43.6 Å². The second-order valence-corrected chi connectivity index (χ2v) is 5.42. The molecule has 1 aromatic carbocycles. The van der Waals surface area contributed by atoms with Crippen molar-refractivity contribution in [2.45, 2.75) is 12.8 Å². The zero-order chi connectivity index (χ0) is 13.9. The number of nitrogens with zero attached hydrogens (tertiary/aromatic N) is 2. The molecule has 1 fully saturated rings. The Balaban J connectivity index is 1.69. The van der Waals surface area contributed by atoms with Crippen molar-refractivity contribution in [1.29, 1.82) is 0 Å². The second kappa shape index (κ2) is 5.81. The number of hydrogen-bond donors (Lipinski definition) is 1. The van der Waals surface area contributed by atoms with Gasteiger partial charge in [0.1, 0.15) is 0 Å². The van der Waals surface area contributed by atoms with Crippen molar-refractivity contribution in [2.75, 3.05) is 32.7 Å². The highest BCUT2D eigenvalue weighted by atomic mass is 16.4. The fraction of sp³-hybridized carbons (Fsp3) is 0.533. The molecule has 0 radical (unpaired) electrons.